The normalized spacial score (nSPS) is 18.8. The molecule has 0 bridgehead atoms. The fourth-order valence-corrected chi connectivity index (χ4v) is 3.18. The first-order chi connectivity index (χ1) is 11.2. The van der Waals surface area contributed by atoms with E-state index in [4.69, 9.17) is 8.83 Å². The summed E-state index contributed by atoms with van der Waals surface area (Å²) in [7, 11) is 0. The van der Waals surface area contributed by atoms with Crippen LogP contribution in [0.3, 0.4) is 0 Å². The van der Waals surface area contributed by atoms with Crippen LogP contribution in [0.15, 0.2) is 33.3 Å². The van der Waals surface area contributed by atoms with Crippen molar-refractivity contribution in [1.29, 1.82) is 0 Å². The summed E-state index contributed by atoms with van der Waals surface area (Å²) in [5.41, 5.74) is 2.29. The lowest BCUT2D eigenvalue weighted by atomic mass is 10.2. The summed E-state index contributed by atoms with van der Waals surface area (Å²) < 4.78 is 13.1. The van der Waals surface area contributed by atoms with Crippen LogP contribution in [0.5, 0.6) is 0 Å². The molecular weight excluding hydrogens is 294 g/mol. The van der Waals surface area contributed by atoms with Gasteiger partial charge in [0.2, 0.25) is 5.89 Å². The first-order valence-electron chi connectivity index (χ1n) is 7.80. The van der Waals surface area contributed by atoms with E-state index in [1.807, 2.05) is 13.0 Å². The Kier molecular flexibility index (Phi) is 3.49. The summed E-state index contributed by atoms with van der Waals surface area (Å²) in [6, 6.07) is 6.15. The Balaban J connectivity index is 1.42. The summed E-state index contributed by atoms with van der Waals surface area (Å²) in [4.78, 5) is 2.32. The third-order valence-corrected chi connectivity index (χ3v) is 4.20. The maximum atomic E-state index is 5.68. The Morgan fingerprint density at radius 3 is 2.96 bits per heavy atom. The monoisotopic (exact) mass is 313 g/mol. The molecule has 1 aliphatic heterocycles. The average Bonchev–Trinajstić information content (AvgIpc) is 3.27. The van der Waals surface area contributed by atoms with E-state index < -0.39 is 0 Å². The molecule has 23 heavy (non-hydrogen) atoms. The smallest absolute Gasteiger partial charge is 0.283 e. The molecule has 1 saturated heterocycles. The van der Waals surface area contributed by atoms with Crippen molar-refractivity contribution in [3.05, 3.63) is 41.7 Å². The van der Waals surface area contributed by atoms with E-state index in [0.29, 0.717) is 30.1 Å². The van der Waals surface area contributed by atoms with Crippen molar-refractivity contribution in [2.75, 3.05) is 13.1 Å². The fourth-order valence-electron chi connectivity index (χ4n) is 3.18. The number of rotatable bonds is 4. The molecule has 7 nitrogen and oxygen atoms in total. The second kappa shape index (κ2) is 5.66. The van der Waals surface area contributed by atoms with E-state index >= 15 is 0 Å². The van der Waals surface area contributed by atoms with Crippen LogP contribution >= 0.6 is 0 Å². The highest BCUT2D eigenvalue weighted by Gasteiger charge is 2.27. The van der Waals surface area contributed by atoms with Gasteiger partial charge in [-0.25, -0.2) is 0 Å². The number of hydrogen-bond acceptors (Lipinski definition) is 6. The van der Waals surface area contributed by atoms with Gasteiger partial charge in [-0.05, 0) is 38.5 Å². The lowest BCUT2D eigenvalue weighted by Crippen LogP contribution is -2.22. The molecule has 7 heteroatoms. The highest BCUT2D eigenvalue weighted by atomic mass is 16.4. The van der Waals surface area contributed by atoms with Gasteiger partial charge in [-0.2, -0.15) is 5.10 Å². The Bertz CT molecular complexity index is 789. The van der Waals surface area contributed by atoms with Crippen molar-refractivity contribution in [3.63, 3.8) is 0 Å². The van der Waals surface area contributed by atoms with Gasteiger partial charge in [-0.1, -0.05) is 0 Å². The molecule has 0 spiro atoms. The van der Waals surface area contributed by atoms with E-state index in [0.717, 1.165) is 25.2 Å². The van der Waals surface area contributed by atoms with Crippen molar-refractivity contribution in [2.45, 2.75) is 32.9 Å². The van der Waals surface area contributed by atoms with Crippen molar-refractivity contribution in [2.24, 2.45) is 0 Å². The molecule has 3 aromatic heterocycles. The minimum Gasteiger partial charge on any atom is -0.459 e. The molecule has 0 aromatic carbocycles. The summed E-state index contributed by atoms with van der Waals surface area (Å²) in [5, 5.41) is 12.8. The van der Waals surface area contributed by atoms with Gasteiger partial charge in [0, 0.05) is 18.8 Å². The van der Waals surface area contributed by atoms with Crippen LogP contribution in [0.4, 0.5) is 0 Å². The molecule has 1 atom stereocenters. The maximum Gasteiger partial charge on any atom is 0.283 e. The largest absolute Gasteiger partial charge is 0.459 e. The zero-order valence-electron chi connectivity index (χ0n) is 13.3. The maximum absolute atomic E-state index is 5.68. The van der Waals surface area contributed by atoms with Crippen LogP contribution in [0.1, 0.15) is 29.7 Å². The first-order valence-corrected chi connectivity index (χ1v) is 7.80. The van der Waals surface area contributed by atoms with Crippen LogP contribution in [0.2, 0.25) is 0 Å². The highest BCUT2D eigenvalue weighted by molar-refractivity contribution is 5.42. The summed E-state index contributed by atoms with van der Waals surface area (Å²) in [6.45, 7) is 6.74. The quantitative estimate of drug-likeness (QED) is 0.737. The van der Waals surface area contributed by atoms with E-state index in [2.05, 4.69) is 37.9 Å². The molecule has 4 heterocycles. The van der Waals surface area contributed by atoms with Gasteiger partial charge in [-0.15, -0.1) is 10.2 Å². The molecule has 0 unspecified atom stereocenters. The highest BCUT2D eigenvalue weighted by Crippen LogP contribution is 2.25. The molecule has 4 rings (SSSR count). The number of aryl methyl sites for hydroxylation is 2. The molecule has 0 N–H and O–H groups in total. The van der Waals surface area contributed by atoms with Gasteiger partial charge in [-0.3, -0.25) is 9.58 Å². The number of hydrogen-bond donors (Lipinski definition) is 0. The number of likely N-dealkylation sites (tertiary alicyclic amines) is 1. The molecule has 1 aliphatic rings. The Labute approximate surface area is 133 Å². The van der Waals surface area contributed by atoms with Crippen LogP contribution < -0.4 is 0 Å². The van der Waals surface area contributed by atoms with Crippen LogP contribution in [0.25, 0.3) is 11.7 Å². The second-order valence-electron chi connectivity index (χ2n) is 6.03. The topological polar surface area (TPSA) is 73.1 Å². The van der Waals surface area contributed by atoms with Crippen molar-refractivity contribution < 1.29 is 8.83 Å². The third-order valence-electron chi connectivity index (χ3n) is 4.20. The zero-order valence-corrected chi connectivity index (χ0v) is 13.3. The Hall–Kier alpha value is -2.41. The zero-order chi connectivity index (χ0) is 15.8. The van der Waals surface area contributed by atoms with E-state index in [1.165, 1.54) is 5.69 Å². The van der Waals surface area contributed by atoms with Crippen LogP contribution in [-0.4, -0.2) is 38.0 Å². The van der Waals surface area contributed by atoms with E-state index in [1.54, 1.807) is 12.3 Å². The lowest BCUT2D eigenvalue weighted by molar-refractivity contribution is 0.277. The molecular formula is C16H19N5O2. The van der Waals surface area contributed by atoms with Gasteiger partial charge in [0.15, 0.2) is 5.76 Å². The third kappa shape index (κ3) is 2.79. The van der Waals surface area contributed by atoms with E-state index in [9.17, 15) is 0 Å². The van der Waals surface area contributed by atoms with Crippen molar-refractivity contribution >= 4 is 0 Å². The van der Waals surface area contributed by atoms with Gasteiger partial charge in [0.25, 0.3) is 5.89 Å². The molecule has 120 valence electrons. The van der Waals surface area contributed by atoms with Gasteiger partial charge < -0.3 is 8.83 Å². The molecule has 1 fully saturated rings. The van der Waals surface area contributed by atoms with Crippen molar-refractivity contribution in [1.82, 2.24) is 24.9 Å². The summed E-state index contributed by atoms with van der Waals surface area (Å²) in [5.74, 6) is 1.65. The number of nitrogens with zero attached hydrogens (tertiary/aromatic N) is 5. The fraction of sp³-hybridized carbons (Fsp3) is 0.438. The Morgan fingerprint density at radius 2 is 2.22 bits per heavy atom. The molecule has 0 amide bonds. The minimum atomic E-state index is 0.413. The Morgan fingerprint density at radius 1 is 1.30 bits per heavy atom. The van der Waals surface area contributed by atoms with Gasteiger partial charge >= 0.3 is 0 Å². The molecule has 0 radical (unpaired) electrons. The van der Waals surface area contributed by atoms with Crippen LogP contribution in [0, 0.1) is 13.8 Å². The SMILES string of the molecule is Cc1cc(C)n([C@@H]2CCN(Cc3nnc(-c4ccco4)o3)C2)n1. The summed E-state index contributed by atoms with van der Waals surface area (Å²) in [6.07, 6.45) is 2.68. The predicted molar refractivity (Wildman–Crippen MR) is 82.6 cm³/mol. The van der Waals surface area contributed by atoms with Gasteiger partial charge in [0.1, 0.15) is 0 Å². The second-order valence-corrected chi connectivity index (χ2v) is 6.03. The standard InChI is InChI=1S/C16H19N5O2/c1-11-8-12(2)21(19-11)13-5-6-20(9-13)10-15-17-18-16(23-15)14-4-3-7-22-14/h3-4,7-8,13H,5-6,9-10H2,1-2H3/t13-/m1/s1. The number of furan rings is 1. The number of aromatic nitrogens is 4. The molecule has 0 saturated carbocycles. The predicted octanol–water partition coefficient (Wildman–Crippen LogP) is 2.59. The first kappa shape index (κ1) is 14.2. The van der Waals surface area contributed by atoms with E-state index in [-0.39, 0.29) is 0 Å². The molecule has 3 aromatic rings. The van der Waals surface area contributed by atoms with Crippen molar-refractivity contribution in [3.8, 4) is 11.7 Å². The van der Waals surface area contributed by atoms with Crippen LogP contribution in [-0.2, 0) is 6.54 Å². The summed E-state index contributed by atoms with van der Waals surface area (Å²) >= 11 is 0. The molecule has 0 aliphatic carbocycles. The minimum absolute atomic E-state index is 0.413. The van der Waals surface area contributed by atoms with Gasteiger partial charge in [0.05, 0.1) is 24.5 Å². The lowest BCUT2D eigenvalue weighted by Gasteiger charge is -2.15. The average molecular weight is 313 g/mol.